The molecule has 0 bridgehead atoms. The Labute approximate surface area is 141 Å². The molecule has 1 aromatic rings. The maximum absolute atomic E-state index is 13.5. The molecule has 0 amide bonds. The van der Waals surface area contributed by atoms with Crippen LogP contribution in [0.4, 0.5) is 13.2 Å². The highest BCUT2D eigenvalue weighted by Crippen LogP contribution is 2.51. The van der Waals surface area contributed by atoms with Crippen LogP contribution in [0, 0.1) is 5.92 Å². The van der Waals surface area contributed by atoms with Crippen molar-refractivity contribution in [2.75, 3.05) is 6.61 Å². The number of carbonyl (C=O) groups is 2. The van der Waals surface area contributed by atoms with E-state index in [-0.39, 0.29) is 23.6 Å². The van der Waals surface area contributed by atoms with Crippen molar-refractivity contribution < 1.29 is 32.6 Å². The van der Waals surface area contributed by atoms with Crippen LogP contribution in [-0.2, 0) is 14.3 Å². The van der Waals surface area contributed by atoms with Crippen molar-refractivity contribution in [3.8, 4) is 0 Å². The predicted octanol–water partition coefficient (Wildman–Crippen LogP) is 3.26. The first-order chi connectivity index (χ1) is 11.1. The van der Waals surface area contributed by atoms with Crippen molar-refractivity contribution in [1.82, 2.24) is 0 Å². The molecule has 3 atom stereocenters. The van der Waals surface area contributed by atoms with Gasteiger partial charge in [0.15, 0.2) is 5.60 Å². The van der Waals surface area contributed by atoms with E-state index in [0.29, 0.717) is 0 Å². The summed E-state index contributed by atoms with van der Waals surface area (Å²) in [5, 5.41) is 10.4. The van der Waals surface area contributed by atoms with E-state index in [0.717, 1.165) is 0 Å². The van der Waals surface area contributed by atoms with Gasteiger partial charge in [-0.2, -0.15) is 13.2 Å². The Morgan fingerprint density at radius 3 is 2.58 bits per heavy atom. The highest BCUT2D eigenvalue weighted by molar-refractivity contribution is 6.31. The number of benzene rings is 1. The lowest BCUT2D eigenvalue weighted by molar-refractivity contribution is -0.286. The molecule has 1 aliphatic carbocycles. The predicted molar refractivity (Wildman–Crippen MR) is 79.6 cm³/mol. The van der Waals surface area contributed by atoms with Crippen molar-refractivity contribution in [1.29, 1.82) is 0 Å². The molecule has 4 nitrogen and oxygen atoms in total. The Balaban J connectivity index is 2.60. The number of Topliss-reactive ketones (excluding diaryl/α,β-unsaturated/α-hetero) is 1. The number of halogens is 4. The minimum absolute atomic E-state index is 0.121. The number of alkyl halides is 3. The number of aliphatic hydroxyl groups is 1. The average Bonchev–Trinajstić information content (AvgIpc) is 2.45. The number of hydrogen-bond acceptors (Lipinski definition) is 4. The third kappa shape index (κ3) is 3.28. The summed E-state index contributed by atoms with van der Waals surface area (Å²) in [6.45, 7) is 1.30. The maximum atomic E-state index is 13.5. The quantitative estimate of drug-likeness (QED) is 0.836. The molecule has 1 aliphatic rings. The van der Waals surface area contributed by atoms with Crippen molar-refractivity contribution in [3.05, 3.63) is 34.9 Å². The lowest BCUT2D eigenvalue weighted by atomic mass is 9.65. The normalized spacial score (nSPS) is 27.8. The first-order valence-corrected chi connectivity index (χ1v) is 7.71. The van der Waals surface area contributed by atoms with Crippen LogP contribution >= 0.6 is 11.6 Å². The maximum Gasteiger partial charge on any atom is 0.418 e. The van der Waals surface area contributed by atoms with E-state index in [1.54, 1.807) is 6.07 Å². The van der Waals surface area contributed by atoms with Gasteiger partial charge in [0, 0.05) is 23.8 Å². The zero-order valence-electron chi connectivity index (χ0n) is 12.8. The molecule has 132 valence electrons. The Hall–Kier alpha value is -1.60. The fourth-order valence-electron chi connectivity index (χ4n) is 3.11. The Morgan fingerprint density at radius 1 is 1.42 bits per heavy atom. The van der Waals surface area contributed by atoms with Crippen LogP contribution in [0.5, 0.6) is 0 Å². The van der Waals surface area contributed by atoms with Gasteiger partial charge in [-0.25, -0.2) is 0 Å². The Morgan fingerprint density at radius 2 is 2.04 bits per heavy atom. The number of rotatable bonds is 3. The third-order valence-electron chi connectivity index (χ3n) is 4.17. The van der Waals surface area contributed by atoms with Crippen LogP contribution < -0.4 is 0 Å². The SMILES string of the molecule is CCOC(=O)[C@@H]1[C@@H](c2ccccc2Cl)CC(=O)C[C@@]1(O)C(F)(F)F. The number of ketones is 1. The van der Waals surface area contributed by atoms with Gasteiger partial charge in [0.25, 0.3) is 0 Å². The highest BCUT2D eigenvalue weighted by atomic mass is 35.5. The van der Waals surface area contributed by atoms with Crippen LogP contribution in [0.3, 0.4) is 0 Å². The third-order valence-corrected chi connectivity index (χ3v) is 4.51. The van der Waals surface area contributed by atoms with E-state index in [4.69, 9.17) is 16.3 Å². The minimum atomic E-state index is -5.17. The molecule has 1 fully saturated rings. The van der Waals surface area contributed by atoms with Gasteiger partial charge in [-0.3, -0.25) is 9.59 Å². The van der Waals surface area contributed by atoms with Gasteiger partial charge in [0.2, 0.25) is 0 Å². The standard InChI is InChI=1S/C16H16ClF3O4/c1-2-24-14(22)13-11(10-5-3-4-6-12(10)17)7-9(21)8-15(13,23)16(18,19)20/h3-6,11,13,23H,2,7-8H2,1H3/t11-,13+,15+/m1/s1. The summed E-state index contributed by atoms with van der Waals surface area (Å²) in [5.41, 5.74) is -3.29. The monoisotopic (exact) mass is 364 g/mol. The number of ether oxygens (including phenoxy) is 1. The summed E-state index contributed by atoms with van der Waals surface area (Å²) in [5.74, 6) is -5.17. The molecule has 1 saturated carbocycles. The molecular weight excluding hydrogens is 349 g/mol. The molecule has 1 N–H and O–H groups in total. The van der Waals surface area contributed by atoms with E-state index in [1.165, 1.54) is 25.1 Å². The molecule has 0 aliphatic heterocycles. The molecule has 24 heavy (non-hydrogen) atoms. The van der Waals surface area contributed by atoms with Crippen LogP contribution in [0.1, 0.15) is 31.2 Å². The average molecular weight is 365 g/mol. The molecule has 1 aromatic carbocycles. The summed E-state index contributed by atoms with van der Waals surface area (Å²) >= 11 is 6.03. The van der Waals surface area contributed by atoms with Crippen molar-refractivity contribution in [2.45, 2.75) is 37.5 Å². The van der Waals surface area contributed by atoms with Crippen LogP contribution in [0.15, 0.2) is 24.3 Å². The molecule has 0 spiro atoms. The zero-order chi connectivity index (χ0) is 18.1. The molecule has 0 radical (unpaired) electrons. The summed E-state index contributed by atoms with van der Waals surface area (Å²) in [6, 6.07) is 6.00. The van der Waals surface area contributed by atoms with E-state index in [2.05, 4.69) is 0 Å². The second-order valence-electron chi connectivity index (χ2n) is 5.70. The van der Waals surface area contributed by atoms with Crippen molar-refractivity contribution >= 4 is 23.4 Å². The lowest BCUT2D eigenvalue weighted by Gasteiger charge is -2.43. The molecular formula is C16H16ClF3O4. The topological polar surface area (TPSA) is 63.6 Å². The van der Waals surface area contributed by atoms with Crippen molar-refractivity contribution in [2.24, 2.45) is 5.92 Å². The Kier molecular flexibility index (Phi) is 5.25. The number of hydrogen-bond donors (Lipinski definition) is 1. The lowest BCUT2D eigenvalue weighted by Crippen LogP contribution is -2.60. The fourth-order valence-corrected chi connectivity index (χ4v) is 3.39. The van der Waals surface area contributed by atoms with Crippen LogP contribution in [-0.4, -0.2) is 35.2 Å². The van der Waals surface area contributed by atoms with E-state index in [9.17, 15) is 27.9 Å². The van der Waals surface area contributed by atoms with E-state index < -0.39 is 41.8 Å². The molecule has 0 saturated heterocycles. The van der Waals surface area contributed by atoms with Crippen molar-refractivity contribution in [3.63, 3.8) is 0 Å². The van der Waals surface area contributed by atoms with Gasteiger partial charge >= 0.3 is 12.1 Å². The zero-order valence-corrected chi connectivity index (χ0v) is 13.5. The van der Waals surface area contributed by atoms with Gasteiger partial charge < -0.3 is 9.84 Å². The minimum Gasteiger partial charge on any atom is -0.466 e. The second kappa shape index (κ2) is 6.72. The fraction of sp³-hybridized carbons (Fsp3) is 0.500. The van der Waals surface area contributed by atoms with Gasteiger partial charge in [-0.1, -0.05) is 29.8 Å². The summed E-state index contributed by atoms with van der Waals surface area (Å²) in [7, 11) is 0. The second-order valence-corrected chi connectivity index (χ2v) is 6.11. The Bertz CT molecular complexity index is 646. The first kappa shape index (κ1) is 18.7. The summed E-state index contributed by atoms with van der Waals surface area (Å²) in [6.07, 6.45) is -6.67. The summed E-state index contributed by atoms with van der Waals surface area (Å²) < 4.78 is 45.2. The molecule has 2 rings (SSSR count). The smallest absolute Gasteiger partial charge is 0.418 e. The van der Waals surface area contributed by atoms with Gasteiger partial charge in [-0.05, 0) is 18.6 Å². The number of carbonyl (C=O) groups excluding carboxylic acids is 2. The largest absolute Gasteiger partial charge is 0.466 e. The van der Waals surface area contributed by atoms with Crippen LogP contribution in [0.2, 0.25) is 5.02 Å². The van der Waals surface area contributed by atoms with Crippen LogP contribution in [0.25, 0.3) is 0 Å². The molecule has 8 heteroatoms. The van der Waals surface area contributed by atoms with Gasteiger partial charge in [-0.15, -0.1) is 0 Å². The first-order valence-electron chi connectivity index (χ1n) is 7.33. The van der Waals surface area contributed by atoms with E-state index in [1.807, 2.05) is 0 Å². The molecule has 0 unspecified atom stereocenters. The van der Waals surface area contributed by atoms with Gasteiger partial charge in [0.1, 0.15) is 11.7 Å². The molecule has 0 aromatic heterocycles. The van der Waals surface area contributed by atoms with Gasteiger partial charge in [0.05, 0.1) is 6.61 Å². The summed E-state index contributed by atoms with van der Waals surface area (Å²) in [4.78, 5) is 24.1. The highest BCUT2D eigenvalue weighted by Gasteiger charge is 2.66. The number of esters is 1. The van der Waals surface area contributed by atoms with E-state index >= 15 is 0 Å². The molecule has 0 heterocycles.